The number of pyridine rings is 1. The molecule has 2 aromatic heterocycles. The summed E-state index contributed by atoms with van der Waals surface area (Å²) in [7, 11) is 0. The van der Waals surface area contributed by atoms with E-state index in [-0.39, 0.29) is 22.8 Å². The van der Waals surface area contributed by atoms with Gasteiger partial charge in [-0.2, -0.15) is 17.9 Å². The van der Waals surface area contributed by atoms with E-state index in [0.29, 0.717) is 18.0 Å². The molecule has 0 saturated carbocycles. The number of amides is 1. The molecule has 1 N–H and O–H groups in total. The van der Waals surface area contributed by atoms with E-state index in [4.69, 9.17) is 16.3 Å². The maximum atomic E-state index is 12.6. The molecule has 6 nitrogen and oxygen atoms in total. The van der Waals surface area contributed by atoms with Gasteiger partial charge in [-0.25, -0.2) is 9.78 Å². The molecule has 2 heterocycles. The number of ether oxygens (including phenoxy) is 1. The summed E-state index contributed by atoms with van der Waals surface area (Å²) in [5.41, 5.74) is -0.510. The summed E-state index contributed by atoms with van der Waals surface area (Å²) in [6.07, 6.45) is -3.95. The van der Waals surface area contributed by atoms with Crippen LogP contribution in [0.25, 0.3) is 0 Å². The van der Waals surface area contributed by atoms with Gasteiger partial charge in [0.2, 0.25) is 11.8 Å². The van der Waals surface area contributed by atoms with Crippen LogP contribution in [0.1, 0.15) is 25.1 Å². The van der Waals surface area contributed by atoms with Crippen molar-refractivity contribution in [1.29, 1.82) is 0 Å². The van der Waals surface area contributed by atoms with Crippen molar-refractivity contribution in [2.24, 2.45) is 0 Å². The second-order valence-electron chi connectivity index (χ2n) is 5.25. The van der Waals surface area contributed by atoms with Crippen molar-refractivity contribution in [3.8, 4) is 11.8 Å². The molecule has 1 amide bonds. The normalized spacial score (nSPS) is 11.7. The van der Waals surface area contributed by atoms with E-state index in [2.05, 4.69) is 15.4 Å². The molecular formula is C14H14ClF3N4O2. The number of alkyl halides is 3. The van der Waals surface area contributed by atoms with Crippen LogP contribution < -0.4 is 10.1 Å². The van der Waals surface area contributed by atoms with Gasteiger partial charge in [0, 0.05) is 18.3 Å². The summed E-state index contributed by atoms with van der Waals surface area (Å²) >= 11 is 5.76. The van der Waals surface area contributed by atoms with Gasteiger partial charge in [-0.1, -0.05) is 11.6 Å². The number of rotatable bonds is 3. The van der Waals surface area contributed by atoms with Crippen molar-refractivity contribution >= 4 is 17.6 Å². The molecule has 0 aliphatic carbocycles. The van der Waals surface area contributed by atoms with Crippen molar-refractivity contribution in [1.82, 2.24) is 20.1 Å². The van der Waals surface area contributed by atoms with Crippen LogP contribution in [0, 0.1) is 6.92 Å². The van der Waals surface area contributed by atoms with Crippen molar-refractivity contribution in [2.45, 2.75) is 33.0 Å². The van der Waals surface area contributed by atoms with Gasteiger partial charge in [-0.3, -0.25) is 0 Å². The van der Waals surface area contributed by atoms with E-state index >= 15 is 0 Å². The van der Waals surface area contributed by atoms with Crippen LogP contribution in [-0.2, 0) is 6.18 Å². The summed E-state index contributed by atoms with van der Waals surface area (Å²) in [6, 6.07) is 1.61. The average molecular weight is 363 g/mol. The molecule has 0 aliphatic rings. The van der Waals surface area contributed by atoms with Crippen LogP contribution in [0.2, 0.25) is 5.02 Å². The molecule has 0 saturated heterocycles. The van der Waals surface area contributed by atoms with Gasteiger partial charge in [0.15, 0.2) is 0 Å². The fourth-order valence-electron chi connectivity index (χ4n) is 1.76. The number of carbonyl (C=O) groups excluding carboxylic acids is 1. The molecule has 2 aromatic rings. The highest BCUT2D eigenvalue weighted by Gasteiger charge is 2.32. The molecule has 0 spiro atoms. The lowest BCUT2D eigenvalue weighted by Gasteiger charge is -2.09. The maximum Gasteiger partial charge on any atom is 0.417 e. The Kier molecular flexibility index (Phi) is 5.02. The molecule has 130 valence electrons. The lowest BCUT2D eigenvalue weighted by Crippen LogP contribution is -2.35. The van der Waals surface area contributed by atoms with Gasteiger partial charge in [-0.05, 0) is 26.8 Å². The molecule has 24 heavy (non-hydrogen) atoms. The summed E-state index contributed by atoms with van der Waals surface area (Å²) in [5, 5.41) is 6.27. The largest absolute Gasteiger partial charge is 0.417 e. The fraction of sp³-hybridized carbons (Fsp3) is 0.357. The van der Waals surface area contributed by atoms with Gasteiger partial charge in [0.25, 0.3) is 0 Å². The molecule has 0 radical (unpaired) electrons. The van der Waals surface area contributed by atoms with E-state index in [9.17, 15) is 18.0 Å². The molecule has 0 fully saturated rings. The summed E-state index contributed by atoms with van der Waals surface area (Å²) in [6.45, 7) is 5.21. The SMILES string of the molecule is Cc1cc(Oc2ncc(C(F)(F)F)cc2Cl)nn1C(=O)NC(C)C. The molecule has 2 rings (SSSR count). The van der Waals surface area contributed by atoms with Crippen LogP contribution in [0.15, 0.2) is 18.3 Å². The molecule has 0 aliphatic heterocycles. The van der Waals surface area contributed by atoms with Crippen LogP contribution in [0.3, 0.4) is 0 Å². The summed E-state index contributed by atoms with van der Waals surface area (Å²) < 4.78 is 44.1. The third kappa shape index (κ3) is 4.16. The van der Waals surface area contributed by atoms with Crippen LogP contribution in [-0.4, -0.2) is 26.8 Å². The minimum absolute atomic E-state index is 0.0134. The standard InChI is InChI=1S/C14H14ClF3N4O2/c1-7(2)20-13(23)22-8(3)4-11(21-22)24-12-10(15)5-9(6-19-12)14(16,17)18/h4-7H,1-3H3,(H,20,23). The lowest BCUT2D eigenvalue weighted by molar-refractivity contribution is -0.137. The Morgan fingerprint density at radius 2 is 2.04 bits per heavy atom. The smallest absolute Gasteiger partial charge is 0.417 e. The number of nitrogens with zero attached hydrogens (tertiary/aromatic N) is 3. The van der Waals surface area contributed by atoms with Crippen LogP contribution in [0.5, 0.6) is 11.8 Å². The van der Waals surface area contributed by atoms with E-state index in [1.54, 1.807) is 20.8 Å². The third-order valence-electron chi connectivity index (χ3n) is 2.81. The highest BCUT2D eigenvalue weighted by Crippen LogP contribution is 2.34. The molecule has 0 aromatic carbocycles. The number of nitrogens with one attached hydrogen (secondary N) is 1. The van der Waals surface area contributed by atoms with Crippen LogP contribution >= 0.6 is 11.6 Å². The Balaban J connectivity index is 2.22. The molecule has 0 atom stereocenters. The van der Waals surface area contributed by atoms with E-state index in [1.165, 1.54) is 6.07 Å². The number of hydrogen-bond acceptors (Lipinski definition) is 4. The third-order valence-corrected chi connectivity index (χ3v) is 3.08. The Morgan fingerprint density at radius 3 is 2.58 bits per heavy atom. The Labute approximate surface area is 140 Å². The number of halogens is 4. The average Bonchev–Trinajstić information content (AvgIpc) is 2.80. The predicted octanol–water partition coefficient (Wildman–Crippen LogP) is 4.02. The minimum atomic E-state index is -4.55. The highest BCUT2D eigenvalue weighted by atomic mass is 35.5. The first-order valence-corrected chi connectivity index (χ1v) is 7.24. The van der Waals surface area contributed by atoms with E-state index in [1.807, 2.05) is 0 Å². The van der Waals surface area contributed by atoms with Crippen molar-refractivity contribution in [3.05, 3.63) is 34.6 Å². The zero-order valence-electron chi connectivity index (χ0n) is 13.0. The number of carbonyl (C=O) groups is 1. The lowest BCUT2D eigenvalue weighted by atomic mass is 10.3. The Hall–Kier alpha value is -2.29. The second kappa shape index (κ2) is 6.68. The van der Waals surface area contributed by atoms with Crippen molar-refractivity contribution < 1.29 is 22.7 Å². The first-order chi connectivity index (χ1) is 11.1. The quantitative estimate of drug-likeness (QED) is 0.895. The zero-order valence-corrected chi connectivity index (χ0v) is 13.7. The first-order valence-electron chi connectivity index (χ1n) is 6.86. The van der Waals surface area contributed by atoms with Crippen molar-refractivity contribution in [3.63, 3.8) is 0 Å². The van der Waals surface area contributed by atoms with Gasteiger partial charge in [0.1, 0.15) is 5.02 Å². The number of aryl methyl sites for hydroxylation is 1. The Morgan fingerprint density at radius 1 is 1.38 bits per heavy atom. The van der Waals surface area contributed by atoms with Crippen molar-refractivity contribution in [2.75, 3.05) is 0 Å². The van der Waals surface area contributed by atoms with Gasteiger partial charge in [0.05, 0.1) is 11.3 Å². The molecule has 0 unspecified atom stereocenters. The second-order valence-corrected chi connectivity index (χ2v) is 5.66. The molecule has 10 heteroatoms. The molecular weight excluding hydrogens is 349 g/mol. The fourth-order valence-corrected chi connectivity index (χ4v) is 1.97. The minimum Gasteiger partial charge on any atom is -0.417 e. The van der Waals surface area contributed by atoms with E-state index in [0.717, 1.165) is 4.68 Å². The first kappa shape index (κ1) is 18.1. The van der Waals surface area contributed by atoms with E-state index < -0.39 is 17.8 Å². The van der Waals surface area contributed by atoms with Gasteiger partial charge < -0.3 is 10.1 Å². The number of aromatic nitrogens is 3. The van der Waals surface area contributed by atoms with Gasteiger partial charge in [-0.15, -0.1) is 5.10 Å². The summed E-state index contributed by atoms with van der Waals surface area (Å²) in [5.74, 6) is -0.251. The topological polar surface area (TPSA) is 69.0 Å². The molecule has 0 bridgehead atoms. The monoisotopic (exact) mass is 362 g/mol. The zero-order chi connectivity index (χ0) is 18.1. The van der Waals surface area contributed by atoms with Gasteiger partial charge >= 0.3 is 12.2 Å². The maximum absolute atomic E-state index is 12.6. The Bertz CT molecular complexity index is 759. The predicted molar refractivity (Wildman–Crippen MR) is 80.4 cm³/mol. The number of hydrogen-bond donors (Lipinski definition) is 1. The summed E-state index contributed by atoms with van der Waals surface area (Å²) in [4.78, 5) is 15.5. The highest BCUT2D eigenvalue weighted by molar-refractivity contribution is 6.31. The van der Waals surface area contributed by atoms with Crippen LogP contribution in [0.4, 0.5) is 18.0 Å².